The van der Waals surface area contributed by atoms with Crippen LogP contribution in [0.1, 0.15) is 18.5 Å². The van der Waals surface area contributed by atoms with Crippen molar-refractivity contribution in [1.29, 1.82) is 0 Å². The van der Waals surface area contributed by atoms with E-state index in [1.807, 2.05) is 6.26 Å². The van der Waals surface area contributed by atoms with E-state index in [2.05, 4.69) is 10.3 Å². The first-order valence-corrected chi connectivity index (χ1v) is 7.00. The van der Waals surface area contributed by atoms with Gasteiger partial charge in [-0.1, -0.05) is 0 Å². The Balaban J connectivity index is 2.25. The van der Waals surface area contributed by atoms with Crippen molar-refractivity contribution >= 4 is 23.1 Å². The maximum Gasteiger partial charge on any atom is 0.433 e. The molecule has 5 nitrogen and oxygen atoms in total. The lowest BCUT2D eigenvalue weighted by molar-refractivity contribution is -0.384. The summed E-state index contributed by atoms with van der Waals surface area (Å²) >= 11 is 1.61. The van der Waals surface area contributed by atoms with Crippen LogP contribution in [0.4, 0.5) is 24.5 Å². The van der Waals surface area contributed by atoms with E-state index in [0.717, 1.165) is 12.8 Å². The molecule has 1 aromatic heterocycles. The number of hydrogen-bond acceptors (Lipinski definition) is 5. The zero-order valence-corrected chi connectivity index (χ0v) is 11.3. The highest BCUT2D eigenvalue weighted by atomic mass is 32.2. The van der Waals surface area contributed by atoms with Gasteiger partial charge in [-0.3, -0.25) is 10.1 Å². The molecule has 0 aromatic carbocycles. The fourth-order valence-electron chi connectivity index (χ4n) is 1.74. The van der Waals surface area contributed by atoms with Gasteiger partial charge in [0.2, 0.25) is 0 Å². The average Bonchev–Trinajstić information content (AvgIpc) is 3.15. The zero-order valence-electron chi connectivity index (χ0n) is 10.5. The number of anilines is 1. The maximum atomic E-state index is 12.6. The summed E-state index contributed by atoms with van der Waals surface area (Å²) in [7, 11) is 0. The summed E-state index contributed by atoms with van der Waals surface area (Å²) < 4.78 is 37.7. The molecule has 0 saturated heterocycles. The summed E-state index contributed by atoms with van der Waals surface area (Å²) in [5.41, 5.74) is -1.73. The van der Waals surface area contributed by atoms with E-state index in [4.69, 9.17) is 0 Å². The number of nitrogens with zero attached hydrogens (tertiary/aromatic N) is 2. The van der Waals surface area contributed by atoms with Gasteiger partial charge in [0, 0.05) is 11.3 Å². The molecule has 1 saturated carbocycles. The van der Waals surface area contributed by atoms with Gasteiger partial charge in [-0.2, -0.15) is 24.9 Å². The molecule has 0 unspecified atom stereocenters. The van der Waals surface area contributed by atoms with Crippen molar-refractivity contribution in [3.05, 3.63) is 28.1 Å². The quantitative estimate of drug-likeness (QED) is 0.667. The van der Waals surface area contributed by atoms with Crippen molar-refractivity contribution in [3.63, 3.8) is 0 Å². The first-order valence-electron chi connectivity index (χ1n) is 5.78. The molecule has 1 fully saturated rings. The van der Waals surface area contributed by atoms with Gasteiger partial charge >= 0.3 is 11.9 Å². The van der Waals surface area contributed by atoms with E-state index in [-0.39, 0.29) is 10.4 Å². The topological polar surface area (TPSA) is 68.1 Å². The summed E-state index contributed by atoms with van der Waals surface area (Å²) in [4.78, 5) is 13.2. The van der Waals surface area contributed by atoms with Gasteiger partial charge in [-0.25, -0.2) is 4.98 Å². The molecule has 1 heterocycles. The lowest BCUT2D eigenvalue weighted by atomic mass is 10.2. The second-order valence-corrected chi connectivity index (χ2v) is 5.86. The lowest BCUT2D eigenvalue weighted by Gasteiger charge is -2.15. The minimum atomic E-state index is -4.62. The van der Waals surface area contributed by atoms with E-state index in [1.165, 1.54) is 0 Å². The van der Waals surface area contributed by atoms with Crippen LogP contribution in [0.5, 0.6) is 0 Å². The van der Waals surface area contributed by atoms with E-state index in [0.29, 0.717) is 18.8 Å². The van der Waals surface area contributed by atoms with Crippen molar-refractivity contribution in [2.75, 3.05) is 18.1 Å². The summed E-state index contributed by atoms with van der Waals surface area (Å²) in [5.74, 6) is 0. The molecular weight excluding hydrogens is 295 g/mol. The van der Waals surface area contributed by atoms with Crippen molar-refractivity contribution in [3.8, 4) is 0 Å². The molecule has 0 amide bonds. The van der Waals surface area contributed by atoms with Crippen LogP contribution < -0.4 is 5.32 Å². The largest absolute Gasteiger partial charge is 0.433 e. The van der Waals surface area contributed by atoms with Crippen LogP contribution in [-0.4, -0.2) is 27.5 Å². The third-order valence-corrected chi connectivity index (χ3v) is 4.63. The molecule has 0 spiro atoms. The summed E-state index contributed by atoms with van der Waals surface area (Å²) in [6.07, 6.45) is -0.165. The van der Waals surface area contributed by atoms with Gasteiger partial charge in [0.15, 0.2) is 0 Å². The fourth-order valence-corrected chi connectivity index (χ4v) is 2.47. The normalized spacial score (nSPS) is 16.8. The van der Waals surface area contributed by atoms with Crippen LogP contribution in [-0.2, 0) is 6.18 Å². The molecule has 0 bridgehead atoms. The van der Waals surface area contributed by atoms with E-state index in [1.54, 1.807) is 11.8 Å². The SMILES string of the molecule is CSC1(CNc2cc(C(F)(F)F)ncc2[N+](=O)[O-])CC1. The zero-order chi connectivity index (χ0) is 15.0. The lowest BCUT2D eigenvalue weighted by Crippen LogP contribution is -2.19. The smallest absolute Gasteiger partial charge is 0.378 e. The molecule has 2 rings (SSSR count). The maximum absolute atomic E-state index is 12.6. The van der Waals surface area contributed by atoms with Crippen LogP contribution in [0.15, 0.2) is 12.3 Å². The Hall–Kier alpha value is -1.51. The molecule has 0 aliphatic heterocycles. The molecule has 0 atom stereocenters. The highest BCUT2D eigenvalue weighted by Gasteiger charge is 2.42. The van der Waals surface area contributed by atoms with E-state index < -0.39 is 22.5 Å². The van der Waals surface area contributed by atoms with Gasteiger partial charge in [0.05, 0.1) is 4.92 Å². The van der Waals surface area contributed by atoms with Gasteiger partial charge < -0.3 is 5.32 Å². The Morgan fingerprint density at radius 2 is 2.20 bits per heavy atom. The summed E-state index contributed by atoms with van der Waals surface area (Å²) in [5, 5.41) is 13.6. The van der Waals surface area contributed by atoms with Gasteiger partial charge in [-0.05, 0) is 25.2 Å². The Morgan fingerprint density at radius 3 is 2.65 bits per heavy atom. The molecule has 1 aliphatic carbocycles. The number of halogens is 3. The first-order chi connectivity index (χ1) is 9.27. The minimum absolute atomic E-state index is 0.0183. The second-order valence-electron chi connectivity index (χ2n) is 4.58. The Labute approximate surface area is 117 Å². The number of rotatable bonds is 5. The summed E-state index contributed by atoms with van der Waals surface area (Å²) in [6.45, 7) is 0.399. The third-order valence-electron chi connectivity index (χ3n) is 3.21. The highest BCUT2D eigenvalue weighted by Crippen LogP contribution is 2.47. The van der Waals surface area contributed by atoms with Crippen LogP contribution in [0.2, 0.25) is 0 Å². The molecule has 9 heteroatoms. The average molecular weight is 307 g/mol. The number of nitro groups is 1. The monoisotopic (exact) mass is 307 g/mol. The number of hydrogen-bond donors (Lipinski definition) is 1. The second kappa shape index (κ2) is 5.12. The molecule has 110 valence electrons. The van der Waals surface area contributed by atoms with Gasteiger partial charge in [0.1, 0.15) is 17.6 Å². The predicted molar refractivity (Wildman–Crippen MR) is 69.9 cm³/mol. The van der Waals surface area contributed by atoms with Crippen molar-refractivity contribution in [2.24, 2.45) is 0 Å². The van der Waals surface area contributed by atoms with E-state index in [9.17, 15) is 23.3 Å². The minimum Gasteiger partial charge on any atom is -0.378 e. The van der Waals surface area contributed by atoms with Gasteiger partial charge in [-0.15, -0.1) is 0 Å². The Kier molecular flexibility index (Phi) is 3.81. The van der Waals surface area contributed by atoms with E-state index >= 15 is 0 Å². The number of alkyl halides is 3. The number of thioether (sulfide) groups is 1. The Bertz CT molecular complexity index is 532. The van der Waals surface area contributed by atoms with Crippen LogP contribution in [0, 0.1) is 10.1 Å². The number of nitrogens with one attached hydrogen (secondary N) is 1. The number of aromatic nitrogens is 1. The van der Waals surface area contributed by atoms with Crippen molar-refractivity contribution in [2.45, 2.75) is 23.8 Å². The third kappa shape index (κ3) is 3.14. The van der Waals surface area contributed by atoms with Crippen LogP contribution >= 0.6 is 11.8 Å². The summed E-state index contributed by atoms with van der Waals surface area (Å²) in [6, 6.07) is 0.689. The molecule has 0 radical (unpaired) electrons. The standard InChI is InChI=1S/C11H12F3N3O2S/c1-20-10(2-3-10)6-16-7-4-9(11(12,13)14)15-5-8(7)17(18)19/h4-5H,2-3,6H2,1H3,(H,15,16). The van der Waals surface area contributed by atoms with Crippen molar-refractivity contribution < 1.29 is 18.1 Å². The number of pyridine rings is 1. The first kappa shape index (κ1) is 14.9. The van der Waals surface area contributed by atoms with Crippen LogP contribution in [0.3, 0.4) is 0 Å². The Morgan fingerprint density at radius 1 is 1.55 bits per heavy atom. The molecular formula is C11H12F3N3O2S. The van der Waals surface area contributed by atoms with Gasteiger partial charge in [0.25, 0.3) is 0 Å². The van der Waals surface area contributed by atoms with Crippen LogP contribution in [0.25, 0.3) is 0 Å². The van der Waals surface area contributed by atoms with Crippen molar-refractivity contribution in [1.82, 2.24) is 4.98 Å². The predicted octanol–water partition coefficient (Wildman–Crippen LogP) is 3.32. The fraction of sp³-hybridized carbons (Fsp3) is 0.545. The molecule has 1 aliphatic rings. The molecule has 1 aromatic rings. The molecule has 1 N–H and O–H groups in total. The molecule has 20 heavy (non-hydrogen) atoms. The highest BCUT2D eigenvalue weighted by molar-refractivity contribution is 8.00.